The SMILES string of the molecule is N=C(N)c1ccc(-c2ccc(-c3ccc(OCCCCCCCCOc4ccc(-c5ccc(-c6ccc(C(=N)N)cc6)o5)cc4)cc3)o2)cc1. The minimum Gasteiger partial charge on any atom is -0.494 e. The fourth-order valence-electron chi connectivity index (χ4n) is 5.65. The molecule has 0 radical (unpaired) electrons. The first kappa shape index (κ1) is 33.9. The van der Waals surface area contributed by atoms with E-state index in [0.29, 0.717) is 24.3 Å². The summed E-state index contributed by atoms with van der Waals surface area (Å²) in [6.07, 6.45) is 6.70. The third-order valence-corrected chi connectivity index (χ3v) is 8.53. The molecule has 6 rings (SSSR count). The molecule has 2 heterocycles. The zero-order valence-electron chi connectivity index (χ0n) is 28.0. The summed E-state index contributed by atoms with van der Waals surface area (Å²) < 4.78 is 24.1. The Morgan fingerprint density at radius 1 is 0.400 bits per heavy atom. The Morgan fingerprint density at radius 3 is 0.980 bits per heavy atom. The van der Waals surface area contributed by atoms with E-state index in [4.69, 9.17) is 40.6 Å². The number of nitrogens with two attached hydrogens (primary N) is 2. The third kappa shape index (κ3) is 8.90. The first-order valence-corrected chi connectivity index (χ1v) is 17.0. The molecule has 254 valence electrons. The molecular formula is C42H42N4O4. The van der Waals surface area contributed by atoms with Gasteiger partial charge in [0.1, 0.15) is 46.2 Å². The first-order chi connectivity index (χ1) is 24.4. The van der Waals surface area contributed by atoms with Crippen LogP contribution in [0.15, 0.2) is 130 Å². The molecule has 0 saturated heterocycles. The van der Waals surface area contributed by atoms with Crippen molar-refractivity contribution in [1.82, 2.24) is 0 Å². The maximum atomic E-state index is 7.55. The molecule has 0 unspecified atom stereocenters. The molecule has 0 aliphatic heterocycles. The van der Waals surface area contributed by atoms with Crippen molar-refractivity contribution in [1.29, 1.82) is 10.8 Å². The van der Waals surface area contributed by atoms with E-state index in [0.717, 1.165) is 82.5 Å². The molecule has 0 bridgehead atoms. The van der Waals surface area contributed by atoms with Gasteiger partial charge in [-0.05, 0) is 85.6 Å². The van der Waals surface area contributed by atoms with Crippen molar-refractivity contribution in [3.63, 3.8) is 0 Å². The van der Waals surface area contributed by atoms with Crippen molar-refractivity contribution in [2.24, 2.45) is 11.5 Å². The normalized spacial score (nSPS) is 11.0. The lowest BCUT2D eigenvalue weighted by Crippen LogP contribution is -2.10. The zero-order chi connectivity index (χ0) is 34.7. The van der Waals surface area contributed by atoms with E-state index in [9.17, 15) is 0 Å². The summed E-state index contributed by atoms with van der Waals surface area (Å²) in [7, 11) is 0. The summed E-state index contributed by atoms with van der Waals surface area (Å²) in [5.74, 6) is 4.94. The van der Waals surface area contributed by atoms with Gasteiger partial charge in [-0.15, -0.1) is 0 Å². The summed E-state index contributed by atoms with van der Waals surface area (Å²) >= 11 is 0. The maximum absolute atomic E-state index is 7.55. The van der Waals surface area contributed by atoms with Gasteiger partial charge >= 0.3 is 0 Å². The van der Waals surface area contributed by atoms with Gasteiger partial charge in [-0.1, -0.05) is 74.2 Å². The molecule has 0 aliphatic carbocycles. The summed E-state index contributed by atoms with van der Waals surface area (Å²) in [6, 6.07) is 38.8. The second kappa shape index (κ2) is 16.4. The van der Waals surface area contributed by atoms with Gasteiger partial charge in [-0.25, -0.2) is 0 Å². The number of furan rings is 2. The molecule has 0 atom stereocenters. The minimum atomic E-state index is 0.0513. The Bertz CT molecular complexity index is 1840. The Labute approximate surface area is 292 Å². The van der Waals surface area contributed by atoms with E-state index in [2.05, 4.69) is 0 Å². The molecule has 8 heteroatoms. The van der Waals surface area contributed by atoms with Gasteiger partial charge in [0, 0.05) is 33.4 Å². The molecule has 2 aromatic heterocycles. The molecule has 6 N–H and O–H groups in total. The Hall–Kier alpha value is -6.02. The highest BCUT2D eigenvalue weighted by atomic mass is 16.5. The van der Waals surface area contributed by atoms with Crippen LogP contribution in [-0.4, -0.2) is 24.9 Å². The smallest absolute Gasteiger partial charge is 0.134 e. The van der Waals surface area contributed by atoms with E-state index in [1.54, 1.807) is 0 Å². The first-order valence-electron chi connectivity index (χ1n) is 17.0. The number of ether oxygens (including phenoxy) is 2. The van der Waals surface area contributed by atoms with Gasteiger partial charge in [0.25, 0.3) is 0 Å². The number of nitrogens with one attached hydrogen (secondary N) is 2. The van der Waals surface area contributed by atoms with Crippen LogP contribution in [0.4, 0.5) is 0 Å². The number of unbranched alkanes of at least 4 members (excludes halogenated alkanes) is 5. The van der Waals surface area contributed by atoms with E-state index in [1.807, 2.05) is 121 Å². The highest BCUT2D eigenvalue weighted by molar-refractivity contribution is 5.95. The molecule has 0 spiro atoms. The number of rotatable bonds is 17. The van der Waals surface area contributed by atoms with Gasteiger partial charge < -0.3 is 29.8 Å². The van der Waals surface area contributed by atoms with Gasteiger partial charge in [-0.3, -0.25) is 10.8 Å². The average molecular weight is 667 g/mol. The van der Waals surface area contributed by atoms with Crippen molar-refractivity contribution < 1.29 is 18.3 Å². The van der Waals surface area contributed by atoms with Crippen LogP contribution >= 0.6 is 0 Å². The Kier molecular flexibility index (Phi) is 11.1. The molecule has 6 aromatic rings. The molecule has 50 heavy (non-hydrogen) atoms. The average Bonchev–Trinajstić information content (AvgIpc) is 3.85. The minimum absolute atomic E-state index is 0.0513. The predicted octanol–water partition coefficient (Wildman–Crippen LogP) is 9.91. The van der Waals surface area contributed by atoms with Crippen molar-refractivity contribution >= 4 is 11.7 Å². The van der Waals surface area contributed by atoms with Crippen LogP contribution in [0.25, 0.3) is 45.3 Å². The van der Waals surface area contributed by atoms with Gasteiger partial charge in [0.15, 0.2) is 0 Å². The number of hydrogen-bond donors (Lipinski definition) is 4. The van der Waals surface area contributed by atoms with Gasteiger partial charge in [-0.2, -0.15) is 0 Å². The van der Waals surface area contributed by atoms with E-state index >= 15 is 0 Å². The van der Waals surface area contributed by atoms with Crippen molar-refractivity contribution in [3.05, 3.63) is 132 Å². The standard InChI is InChI=1S/C42H42N4O4/c43-41(44)33-11-7-29(8-12-33)37-23-25-39(49-37)31-15-19-35(20-16-31)47-27-5-3-1-2-4-6-28-48-36-21-17-32(18-22-36)40-26-24-38(50-40)30-9-13-34(14-10-30)42(45)46/h7-26H,1-6,27-28H2,(H3,43,44)(H3,45,46). The molecule has 4 aromatic carbocycles. The van der Waals surface area contributed by atoms with Crippen molar-refractivity contribution in [2.45, 2.75) is 38.5 Å². The molecule has 0 amide bonds. The van der Waals surface area contributed by atoms with Crippen molar-refractivity contribution in [3.8, 4) is 56.8 Å². The van der Waals surface area contributed by atoms with E-state index < -0.39 is 0 Å². The highest BCUT2D eigenvalue weighted by Gasteiger charge is 2.10. The quantitative estimate of drug-likeness (QED) is 0.0433. The lowest BCUT2D eigenvalue weighted by molar-refractivity contribution is 0.297. The summed E-state index contributed by atoms with van der Waals surface area (Å²) in [5.41, 5.74) is 16.3. The van der Waals surface area contributed by atoms with E-state index in [1.165, 1.54) is 12.8 Å². The molecule has 8 nitrogen and oxygen atoms in total. The topological polar surface area (TPSA) is 144 Å². The number of amidine groups is 2. The van der Waals surface area contributed by atoms with Crippen LogP contribution in [0.2, 0.25) is 0 Å². The molecule has 0 fully saturated rings. The summed E-state index contributed by atoms with van der Waals surface area (Å²) in [4.78, 5) is 0. The van der Waals surface area contributed by atoms with Crippen LogP contribution in [0.3, 0.4) is 0 Å². The molecule has 0 aliphatic rings. The largest absolute Gasteiger partial charge is 0.494 e. The number of benzene rings is 4. The highest BCUT2D eigenvalue weighted by Crippen LogP contribution is 2.31. The fourth-order valence-corrected chi connectivity index (χ4v) is 5.65. The number of nitrogen functional groups attached to an aromatic ring is 2. The second-order valence-corrected chi connectivity index (χ2v) is 12.2. The monoisotopic (exact) mass is 666 g/mol. The molecular weight excluding hydrogens is 624 g/mol. The van der Waals surface area contributed by atoms with Crippen LogP contribution in [0.5, 0.6) is 11.5 Å². The van der Waals surface area contributed by atoms with Crippen LogP contribution < -0.4 is 20.9 Å². The Balaban J connectivity index is 0.829. The van der Waals surface area contributed by atoms with Gasteiger partial charge in [0.05, 0.1) is 13.2 Å². The Morgan fingerprint density at radius 2 is 0.680 bits per heavy atom. The fraction of sp³-hybridized carbons (Fsp3) is 0.190. The molecule has 0 saturated carbocycles. The van der Waals surface area contributed by atoms with Gasteiger partial charge in [0.2, 0.25) is 0 Å². The predicted molar refractivity (Wildman–Crippen MR) is 200 cm³/mol. The summed E-state index contributed by atoms with van der Waals surface area (Å²) in [5, 5.41) is 15.1. The number of hydrogen-bond acceptors (Lipinski definition) is 6. The second-order valence-electron chi connectivity index (χ2n) is 12.2. The van der Waals surface area contributed by atoms with Crippen LogP contribution in [-0.2, 0) is 0 Å². The third-order valence-electron chi connectivity index (χ3n) is 8.53. The lowest BCUT2D eigenvalue weighted by atomic mass is 10.1. The van der Waals surface area contributed by atoms with Crippen LogP contribution in [0, 0.1) is 10.8 Å². The van der Waals surface area contributed by atoms with Crippen LogP contribution in [0.1, 0.15) is 49.7 Å². The summed E-state index contributed by atoms with van der Waals surface area (Å²) in [6.45, 7) is 1.40. The zero-order valence-corrected chi connectivity index (χ0v) is 28.0. The van der Waals surface area contributed by atoms with Crippen molar-refractivity contribution in [2.75, 3.05) is 13.2 Å². The maximum Gasteiger partial charge on any atom is 0.134 e. The lowest BCUT2D eigenvalue weighted by Gasteiger charge is -2.08. The van der Waals surface area contributed by atoms with E-state index in [-0.39, 0.29) is 11.7 Å².